The van der Waals surface area contributed by atoms with E-state index in [1.54, 1.807) is 0 Å². The second kappa shape index (κ2) is 8.93. The van der Waals surface area contributed by atoms with Gasteiger partial charge < -0.3 is 24.9 Å². The van der Waals surface area contributed by atoms with Crippen molar-refractivity contribution >= 4 is 5.96 Å². The number of aliphatic hydroxyl groups excluding tert-OH is 1. The van der Waals surface area contributed by atoms with E-state index in [9.17, 15) is 5.11 Å². The molecule has 23 heavy (non-hydrogen) atoms. The van der Waals surface area contributed by atoms with Gasteiger partial charge in [0, 0.05) is 13.2 Å². The summed E-state index contributed by atoms with van der Waals surface area (Å²) in [5, 5.41) is 16.4. The largest absolute Gasteiger partial charge is 0.464 e. The first-order chi connectivity index (χ1) is 11.1. The molecule has 0 aromatic carbocycles. The fraction of sp³-hybridized carbons (Fsp3) is 0.706. The van der Waals surface area contributed by atoms with E-state index in [0.717, 1.165) is 24.7 Å². The fourth-order valence-corrected chi connectivity index (χ4v) is 2.19. The monoisotopic (exact) mass is 323 g/mol. The number of furan rings is 1. The highest BCUT2D eigenvalue weighted by atomic mass is 16.5. The van der Waals surface area contributed by atoms with Gasteiger partial charge in [0.15, 0.2) is 5.96 Å². The summed E-state index contributed by atoms with van der Waals surface area (Å²) < 4.78 is 11.1. The van der Waals surface area contributed by atoms with E-state index in [1.807, 2.05) is 32.9 Å². The molecule has 0 saturated heterocycles. The zero-order chi connectivity index (χ0) is 16.7. The zero-order valence-corrected chi connectivity index (χ0v) is 14.3. The first kappa shape index (κ1) is 17.8. The summed E-state index contributed by atoms with van der Waals surface area (Å²) in [4.78, 5) is 4.42. The molecule has 0 radical (unpaired) electrons. The first-order valence-corrected chi connectivity index (χ1v) is 8.45. The fourth-order valence-electron chi connectivity index (χ4n) is 2.19. The molecule has 2 rings (SSSR count). The average molecular weight is 323 g/mol. The molecule has 1 fully saturated rings. The van der Waals surface area contributed by atoms with E-state index >= 15 is 0 Å². The van der Waals surface area contributed by atoms with Gasteiger partial charge in [-0.1, -0.05) is 0 Å². The SMILES string of the molecule is CCNC(=NCC(O)COCC1CC1)NC(C)c1ccc(C)o1. The van der Waals surface area contributed by atoms with E-state index < -0.39 is 6.10 Å². The van der Waals surface area contributed by atoms with Crippen molar-refractivity contribution in [2.45, 2.75) is 45.8 Å². The molecule has 0 bridgehead atoms. The normalized spacial score (nSPS) is 17.8. The van der Waals surface area contributed by atoms with Crippen LogP contribution in [-0.2, 0) is 4.74 Å². The summed E-state index contributed by atoms with van der Waals surface area (Å²) in [6.07, 6.45) is 1.94. The average Bonchev–Trinajstić information content (AvgIpc) is 3.24. The Hall–Kier alpha value is -1.53. The Kier molecular flexibility index (Phi) is 6.92. The lowest BCUT2D eigenvalue weighted by Gasteiger charge is -2.17. The maximum absolute atomic E-state index is 9.95. The summed E-state index contributed by atoms with van der Waals surface area (Å²) in [7, 11) is 0. The van der Waals surface area contributed by atoms with Crippen molar-refractivity contribution in [2.24, 2.45) is 10.9 Å². The van der Waals surface area contributed by atoms with Gasteiger partial charge in [-0.15, -0.1) is 0 Å². The lowest BCUT2D eigenvalue weighted by Crippen LogP contribution is -2.39. The van der Waals surface area contributed by atoms with Gasteiger partial charge in [-0.2, -0.15) is 0 Å². The van der Waals surface area contributed by atoms with Crippen molar-refractivity contribution in [1.82, 2.24) is 10.6 Å². The van der Waals surface area contributed by atoms with Gasteiger partial charge in [-0.3, -0.25) is 4.99 Å². The summed E-state index contributed by atoms with van der Waals surface area (Å²) >= 11 is 0. The van der Waals surface area contributed by atoms with Crippen LogP contribution in [0.1, 0.15) is 44.3 Å². The molecule has 1 heterocycles. The molecule has 1 aliphatic carbocycles. The molecule has 6 nitrogen and oxygen atoms in total. The second-order valence-electron chi connectivity index (χ2n) is 6.17. The lowest BCUT2D eigenvalue weighted by molar-refractivity contribution is 0.0368. The van der Waals surface area contributed by atoms with Crippen LogP contribution in [0.3, 0.4) is 0 Å². The van der Waals surface area contributed by atoms with E-state index in [4.69, 9.17) is 9.15 Å². The molecule has 2 unspecified atom stereocenters. The Morgan fingerprint density at radius 3 is 2.87 bits per heavy atom. The minimum atomic E-state index is -0.578. The molecule has 0 spiro atoms. The molecule has 1 saturated carbocycles. The van der Waals surface area contributed by atoms with Crippen molar-refractivity contribution in [2.75, 3.05) is 26.3 Å². The van der Waals surface area contributed by atoms with Gasteiger partial charge in [-0.25, -0.2) is 0 Å². The van der Waals surface area contributed by atoms with Crippen molar-refractivity contribution < 1.29 is 14.3 Å². The number of nitrogens with one attached hydrogen (secondary N) is 2. The summed E-state index contributed by atoms with van der Waals surface area (Å²) in [5.74, 6) is 3.12. The molecular formula is C17H29N3O3. The van der Waals surface area contributed by atoms with E-state index in [1.165, 1.54) is 12.8 Å². The highest BCUT2D eigenvalue weighted by Crippen LogP contribution is 2.28. The molecule has 6 heteroatoms. The van der Waals surface area contributed by atoms with E-state index in [0.29, 0.717) is 25.0 Å². The number of aliphatic hydroxyl groups is 1. The Morgan fingerprint density at radius 1 is 1.48 bits per heavy atom. The van der Waals surface area contributed by atoms with Crippen LogP contribution < -0.4 is 10.6 Å². The molecule has 3 N–H and O–H groups in total. The van der Waals surface area contributed by atoms with Crippen molar-refractivity contribution in [3.05, 3.63) is 23.7 Å². The van der Waals surface area contributed by atoms with Gasteiger partial charge in [0.25, 0.3) is 0 Å². The molecule has 1 aliphatic rings. The number of hydrogen-bond donors (Lipinski definition) is 3. The first-order valence-electron chi connectivity index (χ1n) is 8.45. The third kappa shape index (κ3) is 6.62. The standard InChI is InChI=1S/C17H29N3O3/c1-4-18-17(20-13(3)16-8-5-12(2)23-16)19-9-15(21)11-22-10-14-6-7-14/h5,8,13-15,21H,4,6-7,9-11H2,1-3H3,(H2,18,19,20). The lowest BCUT2D eigenvalue weighted by atomic mass is 10.2. The van der Waals surface area contributed by atoms with E-state index in [-0.39, 0.29) is 6.04 Å². The zero-order valence-electron chi connectivity index (χ0n) is 14.3. The molecule has 1 aromatic rings. The number of nitrogens with zero attached hydrogens (tertiary/aromatic N) is 1. The molecule has 0 aliphatic heterocycles. The van der Waals surface area contributed by atoms with Crippen molar-refractivity contribution in [1.29, 1.82) is 0 Å². The van der Waals surface area contributed by atoms with Crippen molar-refractivity contribution in [3.8, 4) is 0 Å². The van der Waals surface area contributed by atoms with Gasteiger partial charge in [0.1, 0.15) is 11.5 Å². The maximum Gasteiger partial charge on any atom is 0.191 e. The van der Waals surface area contributed by atoms with Crippen LogP contribution >= 0.6 is 0 Å². The second-order valence-corrected chi connectivity index (χ2v) is 6.17. The highest BCUT2D eigenvalue weighted by molar-refractivity contribution is 5.80. The van der Waals surface area contributed by atoms with Crippen LogP contribution in [0.15, 0.2) is 21.5 Å². The number of aliphatic imine (C=N–C) groups is 1. The molecule has 2 atom stereocenters. The van der Waals surface area contributed by atoms with Gasteiger partial charge in [0.05, 0.1) is 25.3 Å². The predicted molar refractivity (Wildman–Crippen MR) is 90.5 cm³/mol. The van der Waals surface area contributed by atoms with Crippen LogP contribution in [0.2, 0.25) is 0 Å². The maximum atomic E-state index is 9.95. The molecule has 130 valence electrons. The Bertz CT molecular complexity index is 497. The van der Waals surface area contributed by atoms with Crippen molar-refractivity contribution in [3.63, 3.8) is 0 Å². The number of hydrogen-bond acceptors (Lipinski definition) is 4. The topological polar surface area (TPSA) is 79.0 Å². The Labute approximate surface area is 138 Å². The molecular weight excluding hydrogens is 294 g/mol. The van der Waals surface area contributed by atoms with Gasteiger partial charge in [0.2, 0.25) is 0 Å². The summed E-state index contributed by atoms with van der Waals surface area (Å²) in [6.45, 7) is 8.11. The number of aryl methyl sites for hydroxylation is 1. The third-order valence-electron chi connectivity index (χ3n) is 3.71. The Morgan fingerprint density at radius 2 is 2.26 bits per heavy atom. The summed E-state index contributed by atoms with van der Waals surface area (Å²) in [5.41, 5.74) is 0. The minimum absolute atomic E-state index is 0.00441. The predicted octanol–water partition coefficient (Wildman–Crippen LogP) is 1.99. The number of guanidine groups is 1. The van der Waals surface area contributed by atoms with Crippen LogP contribution in [-0.4, -0.2) is 43.5 Å². The number of ether oxygens (including phenoxy) is 1. The van der Waals surface area contributed by atoms with Crippen LogP contribution in [0.5, 0.6) is 0 Å². The third-order valence-corrected chi connectivity index (χ3v) is 3.71. The smallest absolute Gasteiger partial charge is 0.191 e. The van der Waals surface area contributed by atoms with E-state index in [2.05, 4.69) is 15.6 Å². The molecule has 1 aromatic heterocycles. The Balaban J connectivity index is 1.78. The quantitative estimate of drug-likeness (QED) is 0.478. The highest BCUT2D eigenvalue weighted by Gasteiger charge is 2.21. The summed E-state index contributed by atoms with van der Waals surface area (Å²) in [6, 6.07) is 3.90. The van der Waals surface area contributed by atoms with Crippen LogP contribution in [0, 0.1) is 12.8 Å². The van der Waals surface area contributed by atoms with Crippen LogP contribution in [0.4, 0.5) is 0 Å². The molecule has 0 amide bonds. The number of rotatable bonds is 9. The van der Waals surface area contributed by atoms with Gasteiger partial charge >= 0.3 is 0 Å². The van der Waals surface area contributed by atoms with Gasteiger partial charge in [-0.05, 0) is 51.7 Å². The minimum Gasteiger partial charge on any atom is -0.464 e. The van der Waals surface area contributed by atoms with Crippen LogP contribution in [0.25, 0.3) is 0 Å².